The van der Waals surface area contributed by atoms with Crippen molar-refractivity contribution >= 4 is 17.5 Å². The number of nitriles is 1. The second-order valence-electron chi connectivity index (χ2n) is 6.03. The van der Waals surface area contributed by atoms with Crippen molar-refractivity contribution in [2.75, 3.05) is 24.2 Å². The monoisotopic (exact) mass is 338 g/mol. The van der Waals surface area contributed by atoms with Crippen LogP contribution in [0.5, 0.6) is 0 Å². The summed E-state index contributed by atoms with van der Waals surface area (Å²) >= 11 is 0. The summed E-state index contributed by atoms with van der Waals surface area (Å²) in [7, 11) is 2.01. The van der Waals surface area contributed by atoms with Gasteiger partial charge in [0, 0.05) is 36.5 Å². The van der Waals surface area contributed by atoms with Crippen molar-refractivity contribution in [3.8, 4) is 17.2 Å². The van der Waals surface area contributed by atoms with E-state index in [0.29, 0.717) is 16.8 Å². The molecule has 0 amide bonds. The minimum Gasteiger partial charge on any atom is -0.481 e. The van der Waals surface area contributed by atoms with Gasteiger partial charge in [-0.3, -0.25) is 4.79 Å². The molecule has 1 aromatic heterocycles. The van der Waals surface area contributed by atoms with Crippen LogP contribution in [0.1, 0.15) is 37.4 Å². The first kappa shape index (κ1) is 18.3. The van der Waals surface area contributed by atoms with Crippen LogP contribution in [0.15, 0.2) is 30.3 Å². The molecular formula is C19H22N4O2. The van der Waals surface area contributed by atoms with Gasteiger partial charge in [-0.25, -0.2) is 4.98 Å². The first-order valence-corrected chi connectivity index (χ1v) is 8.11. The van der Waals surface area contributed by atoms with Crippen LogP contribution in [-0.4, -0.2) is 29.7 Å². The number of nitrogens with zero attached hydrogens (tertiary/aromatic N) is 3. The smallest absolute Gasteiger partial charge is 0.304 e. The first-order chi connectivity index (χ1) is 11.9. The van der Waals surface area contributed by atoms with Crippen molar-refractivity contribution in [3.05, 3.63) is 41.6 Å². The lowest BCUT2D eigenvalue weighted by Gasteiger charge is -2.18. The van der Waals surface area contributed by atoms with Crippen LogP contribution in [-0.2, 0) is 4.79 Å². The van der Waals surface area contributed by atoms with Gasteiger partial charge in [-0.2, -0.15) is 5.26 Å². The number of carboxylic acids is 1. The SMILES string of the molecule is CCN(C)c1ccc(-c2cc(C(C)CC(=O)O)nc(N)c2C#N)cc1. The Labute approximate surface area is 147 Å². The minimum absolute atomic E-state index is 0.0436. The lowest BCUT2D eigenvalue weighted by Crippen LogP contribution is -2.15. The molecule has 1 heterocycles. The minimum atomic E-state index is -0.897. The van der Waals surface area contributed by atoms with E-state index in [2.05, 4.69) is 22.9 Å². The molecule has 1 unspecified atom stereocenters. The van der Waals surface area contributed by atoms with Crippen molar-refractivity contribution in [1.82, 2.24) is 4.98 Å². The Morgan fingerprint density at radius 1 is 1.40 bits per heavy atom. The van der Waals surface area contributed by atoms with Gasteiger partial charge in [-0.05, 0) is 30.7 Å². The molecule has 6 nitrogen and oxygen atoms in total. The largest absolute Gasteiger partial charge is 0.481 e. The van der Waals surface area contributed by atoms with Crippen LogP contribution < -0.4 is 10.6 Å². The third-order valence-corrected chi connectivity index (χ3v) is 4.26. The molecule has 2 aromatic rings. The van der Waals surface area contributed by atoms with Gasteiger partial charge in [-0.1, -0.05) is 19.1 Å². The van der Waals surface area contributed by atoms with E-state index in [9.17, 15) is 10.1 Å². The molecule has 0 radical (unpaired) electrons. The van der Waals surface area contributed by atoms with Crippen molar-refractivity contribution in [3.63, 3.8) is 0 Å². The number of carboxylic acid groups (broad SMARTS) is 1. The second-order valence-corrected chi connectivity index (χ2v) is 6.03. The number of anilines is 2. The van der Waals surface area contributed by atoms with E-state index >= 15 is 0 Å². The number of nitrogens with two attached hydrogens (primary N) is 1. The van der Waals surface area contributed by atoms with Gasteiger partial charge in [0.25, 0.3) is 0 Å². The number of carbonyl (C=O) groups is 1. The van der Waals surface area contributed by atoms with Crippen LogP contribution in [0.3, 0.4) is 0 Å². The molecule has 0 aliphatic heterocycles. The Balaban J connectivity index is 2.50. The Morgan fingerprint density at radius 2 is 2.04 bits per heavy atom. The van der Waals surface area contributed by atoms with Gasteiger partial charge >= 0.3 is 5.97 Å². The normalized spacial score (nSPS) is 11.6. The fourth-order valence-electron chi connectivity index (χ4n) is 2.63. The molecule has 0 spiro atoms. The van der Waals surface area contributed by atoms with Crippen molar-refractivity contribution in [1.29, 1.82) is 5.26 Å². The zero-order valence-electron chi connectivity index (χ0n) is 14.7. The van der Waals surface area contributed by atoms with E-state index in [1.54, 1.807) is 13.0 Å². The predicted molar refractivity (Wildman–Crippen MR) is 98.4 cm³/mol. The summed E-state index contributed by atoms with van der Waals surface area (Å²) in [5.41, 5.74) is 9.43. The van der Waals surface area contributed by atoms with Crippen LogP contribution in [0, 0.1) is 11.3 Å². The van der Waals surface area contributed by atoms with Crippen LogP contribution in [0.4, 0.5) is 11.5 Å². The van der Waals surface area contributed by atoms with E-state index in [4.69, 9.17) is 10.8 Å². The van der Waals surface area contributed by atoms with E-state index in [1.165, 1.54) is 0 Å². The van der Waals surface area contributed by atoms with Crippen LogP contribution in [0.2, 0.25) is 0 Å². The number of hydrogen-bond donors (Lipinski definition) is 2. The number of pyridine rings is 1. The van der Waals surface area contributed by atoms with E-state index < -0.39 is 5.97 Å². The highest BCUT2D eigenvalue weighted by molar-refractivity contribution is 5.77. The summed E-state index contributed by atoms with van der Waals surface area (Å²) in [6.45, 7) is 4.74. The summed E-state index contributed by atoms with van der Waals surface area (Å²) in [6.07, 6.45) is -0.0436. The van der Waals surface area contributed by atoms with Crippen molar-refractivity contribution in [2.45, 2.75) is 26.2 Å². The molecule has 0 saturated heterocycles. The van der Waals surface area contributed by atoms with Gasteiger partial charge in [0.15, 0.2) is 0 Å². The van der Waals surface area contributed by atoms with E-state index in [-0.39, 0.29) is 18.2 Å². The Kier molecular flexibility index (Phi) is 5.60. The van der Waals surface area contributed by atoms with E-state index in [0.717, 1.165) is 17.8 Å². The molecule has 25 heavy (non-hydrogen) atoms. The second kappa shape index (κ2) is 7.67. The molecule has 0 saturated carbocycles. The number of rotatable bonds is 6. The lowest BCUT2D eigenvalue weighted by molar-refractivity contribution is -0.137. The number of nitrogen functional groups attached to an aromatic ring is 1. The molecule has 0 aliphatic rings. The lowest BCUT2D eigenvalue weighted by atomic mass is 9.95. The number of aromatic nitrogens is 1. The van der Waals surface area contributed by atoms with Crippen LogP contribution >= 0.6 is 0 Å². The van der Waals surface area contributed by atoms with Gasteiger partial charge < -0.3 is 15.7 Å². The third-order valence-electron chi connectivity index (χ3n) is 4.26. The fraction of sp³-hybridized carbons (Fsp3) is 0.316. The summed E-state index contributed by atoms with van der Waals surface area (Å²) in [4.78, 5) is 17.3. The quantitative estimate of drug-likeness (QED) is 0.838. The summed E-state index contributed by atoms with van der Waals surface area (Å²) in [5, 5.41) is 18.4. The maximum absolute atomic E-state index is 11.0. The Morgan fingerprint density at radius 3 is 2.56 bits per heavy atom. The molecule has 6 heteroatoms. The molecule has 2 rings (SSSR count). The molecule has 0 aliphatic carbocycles. The standard InChI is InChI=1S/C19H22N4O2/c1-4-23(3)14-7-5-13(6-8-14)15-10-17(12(2)9-18(24)25)22-19(21)16(15)11-20/h5-8,10,12H,4,9H2,1-3H3,(H2,21,22)(H,24,25). The Bertz CT molecular complexity index is 809. The summed E-state index contributed by atoms with van der Waals surface area (Å²) in [5.74, 6) is -1.07. The maximum Gasteiger partial charge on any atom is 0.304 e. The zero-order chi connectivity index (χ0) is 18.6. The van der Waals surface area contributed by atoms with Gasteiger partial charge in [0.2, 0.25) is 0 Å². The van der Waals surface area contributed by atoms with Gasteiger partial charge in [0.05, 0.1) is 6.42 Å². The topological polar surface area (TPSA) is 103 Å². The number of hydrogen-bond acceptors (Lipinski definition) is 5. The summed E-state index contributed by atoms with van der Waals surface area (Å²) < 4.78 is 0. The van der Waals surface area contributed by atoms with Gasteiger partial charge in [-0.15, -0.1) is 0 Å². The van der Waals surface area contributed by atoms with E-state index in [1.807, 2.05) is 31.3 Å². The maximum atomic E-state index is 11.0. The average Bonchev–Trinajstić information content (AvgIpc) is 2.59. The summed E-state index contributed by atoms with van der Waals surface area (Å²) in [6, 6.07) is 11.7. The molecule has 0 bridgehead atoms. The molecular weight excluding hydrogens is 316 g/mol. The molecule has 130 valence electrons. The highest BCUT2D eigenvalue weighted by Crippen LogP contribution is 2.31. The van der Waals surface area contributed by atoms with Crippen molar-refractivity contribution < 1.29 is 9.90 Å². The fourth-order valence-corrected chi connectivity index (χ4v) is 2.63. The predicted octanol–water partition coefficient (Wildman–Crippen LogP) is 3.24. The first-order valence-electron chi connectivity index (χ1n) is 8.11. The molecule has 0 fully saturated rings. The number of benzene rings is 1. The average molecular weight is 338 g/mol. The highest BCUT2D eigenvalue weighted by Gasteiger charge is 2.17. The molecule has 1 atom stereocenters. The molecule has 3 N–H and O–H groups in total. The number of aliphatic carboxylic acids is 1. The zero-order valence-corrected chi connectivity index (χ0v) is 14.7. The highest BCUT2D eigenvalue weighted by atomic mass is 16.4. The van der Waals surface area contributed by atoms with Gasteiger partial charge in [0.1, 0.15) is 17.5 Å². The molecule has 1 aromatic carbocycles. The Hall–Kier alpha value is -3.07. The van der Waals surface area contributed by atoms with Crippen molar-refractivity contribution in [2.24, 2.45) is 0 Å². The van der Waals surface area contributed by atoms with Crippen LogP contribution in [0.25, 0.3) is 11.1 Å². The third kappa shape index (κ3) is 4.07.